The molecule has 0 radical (unpaired) electrons. The summed E-state index contributed by atoms with van der Waals surface area (Å²) in [6.45, 7) is -0.215. The zero-order valence-corrected chi connectivity index (χ0v) is 14.8. The highest BCUT2D eigenvalue weighted by Crippen LogP contribution is 2.27. The lowest BCUT2D eigenvalue weighted by Crippen LogP contribution is -1.85. The van der Waals surface area contributed by atoms with Crippen LogP contribution in [0.5, 0.6) is 17.2 Å². The van der Waals surface area contributed by atoms with Crippen LogP contribution in [-0.2, 0) is 6.61 Å². The van der Waals surface area contributed by atoms with Gasteiger partial charge >= 0.3 is 0 Å². The Labute approximate surface area is 156 Å². The van der Waals surface area contributed by atoms with E-state index in [-0.39, 0.29) is 18.1 Å². The second kappa shape index (κ2) is 8.25. The van der Waals surface area contributed by atoms with Gasteiger partial charge in [-0.05, 0) is 53.6 Å². The van der Waals surface area contributed by atoms with E-state index < -0.39 is 0 Å². The molecule has 0 spiro atoms. The van der Waals surface area contributed by atoms with E-state index in [0.29, 0.717) is 11.3 Å². The number of rotatable bonds is 6. The average molecular weight is 364 g/mol. The number of aromatic hydroxyl groups is 2. The first-order valence-corrected chi connectivity index (χ1v) is 8.30. The summed E-state index contributed by atoms with van der Waals surface area (Å²) >= 11 is 0. The van der Waals surface area contributed by atoms with Crippen LogP contribution in [0.4, 0.5) is 0 Å². The molecule has 0 unspecified atom stereocenters. The van der Waals surface area contributed by atoms with Crippen LogP contribution in [-0.4, -0.2) is 32.6 Å². The summed E-state index contributed by atoms with van der Waals surface area (Å²) in [5.41, 5.74) is 3.79. The normalized spacial score (nSPS) is 11.5. The monoisotopic (exact) mass is 364 g/mol. The van der Waals surface area contributed by atoms with Gasteiger partial charge in [-0.3, -0.25) is 5.10 Å². The van der Waals surface area contributed by atoms with Crippen LogP contribution >= 0.6 is 0 Å². The van der Waals surface area contributed by atoms with Gasteiger partial charge in [0.05, 0.1) is 25.1 Å². The van der Waals surface area contributed by atoms with E-state index in [1.54, 1.807) is 36.4 Å². The lowest BCUT2D eigenvalue weighted by atomic mass is 10.1. The quantitative estimate of drug-likeness (QED) is 0.535. The number of phenols is 2. The summed E-state index contributed by atoms with van der Waals surface area (Å²) in [7, 11) is 1.51. The molecule has 1 heterocycles. The van der Waals surface area contributed by atoms with Crippen LogP contribution in [0.15, 0.2) is 42.5 Å². The van der Waals surface area contributed by atoms with Gasteiger partial charge in [0.2, 0.25) is 0 Å². The Morgan fingerprint density at radius 1 is 0.926 bits per heavy atom. The number of phenolic OH excluding ortho intramolecular Hbond substituents is 1. The Balaban J connectivity index is 1.71. The van der Waals surface area contributed by atoms with E-state index in [0.717, 1.165) is 22.5 Å². The Kier molecular flexibility index (Phi) is 5.58. The molecule has 0 saturated heterocycles. The minimum absolute atomic E-state index is 0.0766. The molecule has 3 rings (SSSR count). The van der Waals surface area contributed by atoms with Crippen molar-refractivity contribution in [3.63, 3.8) is 0 Å². The van der Waals surface area contributed by atoms with Gasteiger partial charge in [-0.15, -0.1) is 0 Å². The first kappa shape index (κ1) is 18.3. The Morgan fingerprint density at radius 3 is 2.37 bits per heavy atom. The maximum absolute atomic E-state index is 9.62. The summed E-state index contributed by atoms with van der Waals surface area (Å²) in [6.07, 6.45) is 7.45. The Bertz CT molecular complexity index is 912. The number of H-pyrrole nitrogens is 1. The number of aliphatic hydroxyl groups excluding tert-OH is 1. The van der Waals surface area contributed by atoms with Crippen molar-refractivity contribution >= 4 is 24.3 Å². The molecule has 6 heteroatoms. The number of ether oxygens (including phenoxy) is 1. The lowest BCUT2D eigenvalue weighted by molar-refractivity contribution is 0.275. The maximum atomic E-state index is 9.62. The largest absolute Gasteiger partial charge is 0.508 e. The van der Waals surface area contributed by atoms with E-state index in [1.165, 1.54) is 7.11 Å². The lowest BCUT2D eigenvalue weighted by Gasteiger charge is -2.03. The number of hydrogen-bond acceptors (Lipinski definition) is 5. The highest BCUT2D eigenvalue weighted by molar-refractivity contribution is 5.73. The number of benzene rings is 2. The molecule has 0 bridgehead atoms. The van der Waals surface area contributed by atoms with Gasteiger partial charge in [0.1, 0.15) is 5.75 Å². The summed E-state index contributed by atoms with van der Waals surface area (Å²) < 4.78 is 5.10. The SMILES string of the molecule is COc1cc(/C=C/c2cc(/C=C/c3ccc(O)c(CO)c3)n[nH]2)ccc1O. The molecule has 27 heavy (non-hydrogen) atoms. The molecule has 1 aromatic heterocycles. The zero-order chi connectivity index (χ0) is 19.2. The van der Waals surface area contributed by atoms with Crippen molar-refractivity contribution in [3.8, 4) is 17.2 Å². The van der Waals surface area contributed by atoms with E-state index >= 15 is 0 Å². The van der Waals surface area contributed by atoms with Crippen LogP contribution in [0.3, 0.4) is 0 Å². The van der Waals surface area contributed by atoms with Gasteiger partial charge in [0.25, 0.3) is 0 Å². The van der Waals surface area contributed by atoms with Gasteiger partial charge in [-0.2, -0.15) is 5.10 Å². The first-order chi connectivity index (χ1) is 13.1. The van der Waals surface area contributed by atoms with Gasteiger partial charge in [-0.25, -0.2) is 0 Å². The van der Waals surface area contributed by atoms with Crippen molar-refractivity contribution in [2.24, 2.45) is 0 Å². The number of aromatic amines is 1. The fraction of sp³-hybridized carbons (Fsp3) is 0.0952. The molecule has 2 aromatic carbocycles. The van der Waals surface area contributed by atoms with Crippen molar-refractivity contribution in [3.05, 3.63) is 70.5 Å². The summed E-state index contributed by atoms with van der Waals surface area (Å²) in [4.78, 5) is 0. The number of aromatic nitrogens is 2. The summed E-state index contributed by atoms with van der Waals surface area (Å²) in [6, 6.07) is 12.0. The molecule has 0 aliphatic heterocycles. The highest BCUT2D eigenvalue weighted by Gasteiger charge is 2.02. The van der Waals surface area contributed by atoms with Crippen LogP contribution in [0, 0.1) is 0 Å². The molecule has 0 aliphatic rings. The number of nitrogens with zero attached hydrogens (tertiary/aromatic N) is 1. The fourth-order valence-electron chi connectivity index (χ4n) is 2.52. The third-order valence-electron chi connectivity index (χ3n) is 4.00. The first-order valence-electron chi connectivity index (χ1n) is 8.30. The van der Waals surface area contributed by atoms with Crippen molar-refractivity contribution in [1.82, 2.24) is 10.2 Å². The minimum atomic E-state index is -0.215. The van der Waals surface area contributed by atoms with Crippen molar-refractivity contribution < 1.29 is 20.1 Å². The average Bonchev–Trinajstić information content (AvgIpc) is 3.14. The second-order valence-electron chi connectivity index (χ2n) is 5.89. The third kappa shape index (κ3) is 4.56. The van der Waals surface area contributed by atoms with Crippen molar-refractivity contribution in [2.75, 3.05) is 7.11 Å². The predicted molar refractivity (Wildman–Crippen MR) is 105 cm³/mol. The topological polar surface area (TPSA) is 98.6 Å². The number of aliphatic hydroxyl groups is 1. The molecule has 6 nitrogen and oxygen atoms in total. The Hall–Kier alpha value is -3.51. The van der Waals surface area contributed by atoms with E-state index in [1.807, 2.05) is 30.4 Å². The molecule has 138 valence electrons. The number of nitrogens with one attached hydrogen (secondary N) is 1. The van der Waals surface area contributed by atoms with E-state index in [4.69, 9.17) is 4.74 Å². The molecule has 4 N–H and O–H groups in total. The van der Waals surface area contributed by atoms with E-state index in [2.05, 4.69) is 10.2 Å². The second-order valence-corrected chi connectivity index (χ2v) is 5.89. The minimum Gasteiger partial charge on any atom is -0.508 e. The van der Waals surface area contributed by atoms with Gasteiger partial charge in [0, 0.05) is 5.56 Å². The molecule has 0 amide bonds. The molecule has 0 atom stereocenters. The maximum Gasteiger partial charge on any atom is 0.161 e. The number of hydrogen-bond donors (Lipinski definition) is 4. The standard InChI is InChI=1S/C21H20N2O4/c1-27-21-11-15(5-9-20(21)26)3-7-18-12-17(22-23-18)6-2-14-4-8-19(25)16(10-14)13-24/h2-12,24-26H,13H2,1H3,(H,22,23)/b6-2+,7-3+. The van der Waals surface area contributed by atoms with Crippen molar-refractivity contribution in [2.45, 2.75) is 6.61 Å². The predicted octanol–water partition coefficient (Wildman–Crippen LogP) is 3.66. The smallest absolute Gasteiger partial charge is 0.161 e. The molecule has 0 aliphatic carbocycles. The van der Waals surface area contributed by atoms with E-state index in [9.17, 15) is 15.3 Å². The van der Waals surface area contributed by atoms with Crippen LogP contribution in [0.25, 0.3) is 24.3 Å². The molecule has 0 fully saturated rings. The summed E-state index contributed by atoms with van der Waals surface area (Å²) in [5.74, 6) is 0.594. The van der Waals surface area contributed by atoms with Gasteiger partial charge in [0.15, 0.2) is 11.5 Å². The van der Waals surface area contributed by atoms with Crippen LogP contribution in [0.1, 0.15) is 28.1 Å². The molecule has 3 aromatic rings. The van der Waals surface area contributed by atoms with Crippen LogP contribution in [0.2, 0.25) is 0 Å². The highest BCUT2D eigenvalue weighted by atomic mass is 16.5. The Morgan fingerprint density at radius 2 is 1.63 bits per heavy atom. The fourth-order valence-corrected chi connectivity index (χ4v) is 2.52. The molecular formula is C21H20N2O4. The van der Waals surface area contributed by atoms with Gasteiger partial charge < -0.3 is 20.1 Å². The molecule has 0 saturated carbocycles. The molecular weight excluding hydrogens is 344 g/mol. The zero-order valence-electron chi connectivity index (χ0n) is 14.8. The van der Waals surface area contributed by atoms with Crippen LogP contribution < -0.4 is 4.74 Å². The summed E-state index contributed by atoms with van der Waals surface area (Å²) in [5, 5.41) is 35.6. The van der Waals surface area contributed by atoms with Crippen molar-refractivity contribution in [1.29, 1.82) is 0 Å². The third-order valence-corrected chi connectivity index (χ3v) is 4.00. The number of methoxy groups -OCH3 is 1. The van der Waals surface area contributed by atoms with Gasteiger partial charge in [-0.1, -0.05) is 24.3 Å².